The summed E-state index contributed by atoms with van der Waals surface area (Å²) in [5.41, 5.74) is 8.83. The lowest BCUT2D eigenvalue weighted by atomic mass is 10.1. The average Bonchev–Trinajstić information content (AvgIpc) is 3.02. The molecule has 4 atom stereocenters. The minimum absolute atomic E-state index is 0.0273. The number of rotatable bonds is 4. The van der Waals surface area contributed by atoms with Crippen molar-refractivity contribution in [1.29, 1.82) is 0 Å². The van der Waals surface area contributed by atoms with Gasteiger partial charge in [0.2, 0.25) is 5.95 Å². The van der Waals surface area contributed by atoms with E-state index in [-0.39, 0.29) is 11.8 Å². The van der Waals surface area contributed by atoms with Crippen molar-refractivity contribution in [3.63, 3.8) is 0 Å². The second-order valence-electron chi connectivity index (χ2n) is 4.79. The molecular formula is C11H16N6O5. The number of imidazole rings is 1. The summed E-state index contributed by atoms with van der Waals surface area (Å²) in [6.45, 7) is -0.422. The number of hydrogen-bond acceptors (Lipinski definition) is 10. The number of nitrogens with one attached hydrogen (secondary N) is 1. The Morgan fingerprint density at radius 3 is 2.82 bits per heavy atom. The fraction of sp³-hybridized carbons (Fsp3) is 0.545. The third kappa shape index (κ3) is 2.24. The van der Waals surface area contributed by atoms with Crippen molar-refractivity contribution in [2.75, 3.05) is 24.9 Å². The second kappa shape index (κ2) is 5.62. The number of aliphatic hydroxyl groups is 3. The third-order valence-electron chi connectivity index (χ3n) is 3.43. The van der Waals surface area contributed by atoms with Gasteiger partial charge in [0.05, 0.1) is 20.0 Å². The summed E-state index contributed by atoms with van der Waals surface area (Å²) in [5.74, 6) is 0.232. The Balaban J connectivity index is 2.05. The molecule has 0 unspecified atom stereocenters. The van der Waals surface area contributed by atoms with Gasteiger partial charge in [-0.3, -0.25) is 9.40 Å². The lowest BCUT2D eigenvalue weighted by Gasteiger charge is -2.16. The van der Waals surface area contributed by atoms with Gasteiger partial charge < -0.3 is 25.8 Å². The molecule has 0 aliphatic carbocycles. The van der Waals surface area contributed by atoms with E-state index in [0.29, 0.717) is 11.2 Å². The Hall–Kier alpha value is -2.05. The van der Waals surface area contributed by atoms with E-state index in [1.807, 2.05) is 0 Å². The molecule has 2 aromatic heterocycles. The summed E-state index contributed by atoms with van der Waals surface area (Å²) >= 11 is 0. The van der Waals surface area contributed by atoms with Crippen LogP contribution in [0.1, 0.15) is 6.23 Å². The fourth-order valence-electron chi connectivity index (χ4n) is 2.40. The summed E-state index contributed by atoms with van der Waals surface area (Å²) in [6.07, 6.45) is -2.94. The lowest BCUT2D eigenvalue weighted by Crippen LogP contribution is -2.33. The van der Waals surface area contributed by atoms with Crippen LogP contribution in [0.5, 0.6) is 0 Å². The minimum Gasteiger partial charge on any atom is -0.394 e. The largest absolute Gasteiger partial charge is 0.394 e. The number of anilines is 2. The Morgan fingerprint density at radius 1 is 1.41 bits per heavy atom. The first-order valence-electron chi connectivity index (χ1n) is 6.48. The number of aromatic nitrogens is 4. The highest BCUT2D eigenvalue weighted by Crippen LogP contribution is 2.32. The van der Waals surface area contributed by atoms with E-state index >= 15 is 0 Å². The molecule has 0 spiro atoms. The fourth-order valence-corrected chi connectivity index (χ4v) is 2.40. The molecule has 11 heteroatoms. The summed E-state index contributed by atoms with van der Waals surface area (Å²) in [5, 5.41) is 29.1. The monoisotopic (exact) mass is 313 g/mol. The van der Waals surface area contributed by atoms with Crippen molar-refractivity contribution in [2.24, 2.45) is 0 Å². The van der Waals surface area contributed by atoms with Gasteiger partial charge >= 0.3 is 0 Å². The predicted molar refractivity (Wildman–Crippen MR) is 73.4 cm³/mol. The van der Waals surface area contributed by atoms with Crippen LogP contribution >= 0.6 is 0 Å². The highest BCUT2D eigenvalue weighted by molar-refractivity contribution is 5.83. The van der Waals surface area contributed by atoms with Gasteiger partial charge in [0.25, 0.3) is 0 Å². The number of ether oxygens (including phenoxy) is 1. The molecule has 0 amide bonds. The van der Waals surface area contributed by atoms with Crippen LogP contribution in [-0.4, -0.2) is 66.9 Å². The minimum atomic E-state index is -1.25. The van der Waals surface area contributed by atoms with Gasteiger partial charge in [0, 0.05) is 0 Å². The predicted octanol–water partition coefficient (Wildman–Crippen LogP) is -2.01. The summed E-state index contributed by atoms with van der Waals surface area (Å²) in [6, 6.07) is 0. The maximum absolute atomic E-state index is 10.1. The van der Waals surface area contributed by atoms with Gasteiger partial charge in [-0.1, -0.05) is 0 Å². The molecule has 0 aromatic carbocycles. The molecule has 1 aliphatic rings. The summed E-state index contributed by atoms with van der Waals surface area (Å²) in [7, 11) is 1.41. The van der Waals surface area contributed by atoms with Crippen LogP contribution in [0, 0.1) is 0 Å². The van der Waals surface area contributed by atoms with E-state index in [0.717, 1.165) is 0 Å². The van der Waals surface area contributed by atoms with Gasteiger partial charge in [0.15, 0.2) is 23.2 Å². The van der Waals surface area contributed by atoms with Crippen LogP contribution in [0.4, 0.5) is 11.8 Å². The summed E-state index contributed by atoms with van der Waals surface area (Å²) < 4.78 is 6.86. The number of nitrogens with two attached hydrogens (primary N) is 1. The topological polar surface area (TPSA) is 161 Å². The standard InChI is InChI=1S/C11H16N6O5/c1-21-16-8-5-9(15-11(12)14-8)17(3-13-5)10-7(20)6(19)4(2-18)22-10/h3-4,6-7,10,18-20H,2H2,1H3,(H3,12,14,15,16)/t4-,6-,7-,10-/m1/s1/i12+1. The second-order valence-corrected chi connectivity index (χ2v) is 4.79. The molecule has 0 bridgehead atoms. The van der Waals surface area contributed by atoms with Gasteiger partial charge in [-0.25, -0.2) is 10.5 Å². The van der Waals surface area contributed by atoms with Gasteiger partial charge in [-0.15, -0.1) is 0 Å². The van der Waals surface area contributed by atoms with E-state index in [2.05, 4.69) is 20.4 Å². The number of aliphatic hydroxyl groups excluding tert-OH is 3. The maximum Gasteiger partial charge on any atom is 0.224 e. The van der Waals surface area contributed by atoms with Crippen molar-refractivity contribution in [1.82, 2.24) is 19.5 Å². The third-order valence-corrected chi connectivity index (χ3v) is 3.43. The first-order valence-corrected chi connectivity index (χ1v) is 6.48. The first-order chi connectivity index (χ1) is 10.6. The Kier molecular flexibility index (Phi) is 3.80. The molecule has 3 heterocycles. The van der Waals surface area contributed by atoms with E-state index in [1.54, 1.807) is 0 Å². The Bertz CT molecular complexity index is 678. The van der Waals surface area contributed by atoms with Gasteiger partial charge in [-0.2, -0.15) is 9.97 Å². The van der Waals surface area contributed by atoms with E-state index in [1.165, 1.54) is 18.0 Å². The van der Waals surface area contributed by atoms with Crippen LogP contribution in [0.3, 0.4) is 0 Å². The Labute approximate surface area is 124 Å². The smallest absolute Gasteiger partial charge is 0.224 e. The molecule has 22 heavy (non-hydrogen) atoms. The van der Waals surface area contributed by atoms with Crippen molar-refractivity contribution >= 4 is 22.9 Å². The summed E-state index contributed by atoms with van der Waals surface area (Å²) in [4.78, 5) is 17.0. The van der Waals surface area contributed by atoms with Crippen LogP contribution in [0.2, 0.25) is 0 Å². The zero-order chi connectivity index (χ0) is 15.9. The van der Waals surface area contributed by atoms with Crippen molar-refractivity contribution in [3.05, 3.63) is 6.33 Å². The average molecular weight is 313 g/mol. The quantitative estimate of drug-likeness (QED) is 0.315. The van der Waals surface area contributed by atoms with E-state index in [9.17, 15) is 10.2 Å². The number of nitrogens with zero attached hydrogens (tertiary/aromatic N) is 4. The first kappa shape index (κ1) is 14.9. The van der Waals surface area contributed by atoms with E-state index < -0.39 is 31.1 Å². The lowest BCUT2D eigenvalue weighted by molar-refractivity contribution is -0.0511. The van der Waals surface area contributed by atoms with Crippen LogP contribution < -0.4 is 11.2 Å². The molecule has 11 nitrogen and oxygen atoms in total. The van der Waals surface area contributed by atoms with Crippen molar-refractivity contribution < 1.29 is 24.9 Å². The van der Waals surface area contributed by atoms with Crippen LogP contribution in [-0.2, 0) is 9.57 Å². The molecule has 1 aliphatic heterocycles. The highest BCUT2D eigenvalue weighted by atomic mass is 16.6. The zero-order valence-electron chi connectivity index (χ0n) is 11.6. The number of hydrogen-bond donors (Lipinski definition) is 5. The van der Waals surface area contributed by atoms with Crippen molar-refractivity contribution in [2.45, 2.75) is 24.5 Å². The zero-order valence-corrected chi connectivity index (χ0v) is 11.6. The molecule has 1 saturated heterocycles. The maximum atomic E-state index is 10.1. The van der Waals surface area contributed by atoms with Crippen LogP contribution in [0.15, 0.2) is 6.33 Å². The molecule has 0 saturated carbocycles. The molecule has 120 valence electrons. The van der Waals surface area contributed by atoms with Gasteiger partial charge in [0.1, 0.15) is 18.3 Å². The van der Waals surface area contributed by atoms with Gasteiger partial charge in [-0.05, 0) is 0 Å². The van der Waals surface area contributed by atoms with Crippen LogP contribution in [0.25, 0.3) is 11.2 Å². The normalized spacial score (nSPS) is 28.4. The molecule has 3 rings (SSSR count). The molecule has 1 fully saturated rings. The molecule has 2 aromatic rings. The molecular weight excluding hydrogens is 297 g/mol. The SMILES string of the molecule is CONc1nc([15NH2])nc2c1ncn2[C@@H]1O[C@H](CO)[C@@H](O)[C@H]1O. The highest BCUT2D eigenvalue weighted by Gasteiger charge is 2.44. The van der Waals surface area contributed by atoms with E-state index in [4.69, 9.17) is 20.4 Å². The molecule has 0 radical (unpaired) electrons. The van der Waals surface area contributed by atoms with Crippen molar-refractivity contribution in [3.8, 4) is 0 Å². The Morgan fingerprint density at radius 2 is 2.18 bits per heavy atom. The number of nitrogen functional groups attached to an aromatic ring is 1. The number of fused-ring (bicyclic) bond motifs is 1. The molecule has 6 N–H and O–H groups in total.